The second-order valence-corrected chi connectivity index (χ2v) is 5.19. The van der Waals surface area contributed by atoms with Crippen molar-refractivity contribution in [1.29, 1.82) is 0 Å². The van der Waals surface area contributed by atoms with Crippen molar-refractivity contribution in [1.82, 2.24) is 5.32 Å². The average molecular weight is 230 g/mol. The van der Waals surface area contributed by atoms with Gasteiger partial charge in [0.2, 0.25) is 5.91 Å². The van der Waals surface area contributed by atoms with Crippen molar-refractivity contribution < 1.29 is 9.90 Å². The van der Waals surface area contributed by atoms with Crippen LogP contribution in [0.5, 0.6) is 0 Å². The zero-order valence-electron chi connectivity index (χ0n) is 10.8. The molecule has 16 heavy (non-hydrogen) atoms. The Hall–Kier alpha value is -0.610. The van der Waals surface area contributed by atoms with Gasteiger partial charge in [-0.3, -0.25) is 4.79 Å². The quantitative estimate of drug-likeness (QED) is 0.579. The third-order valence-electron chi connectivity index (χ3n) is 2.82. The largest absolute Gasteiger partial charge is 0.396 e. The number of hydrogen-bond acceptors (Lipinski definition) is 3. The maximum atomic E-state index is 11.7. The Balaban J connectivity index is 3.87. The lowest BCUT2D eigenvalue weighted by molar-refractivity contribution is -0.125. The Bertz CT molecular complexity index is 205. The van der Waals surface area contributed by atoms with Crippen molar-refractivity contribution in [3.05, 3.63) is 0 Å². The van der Waals surface area contributed by atoms with Crippen LogP contribution in [-0.2, 0) is 4.79 Å². The maximum Gasteiger partial charge on any atom is 0.222 e. The van der Waals surface area contributed by atoms with Gasteiger partial charge in [0.25, 0.3) is 0 Å². The molecule has 0 aromatic rings. The first-order chi connectivity index (χ1) is 7.43. The molecular weight excluding hydrogens is 204 g/mol. The number of carbonyl (C=O) groups is 1. The summed E-state index contributed by atoms with van der Waals surface area (Å²) in [4.78, 5) is 11.7. The van der Waals surface area contributed by atoms with Crippen LogP contribution in [-0.4, -0.2) is 30.7 Å². The number of hydrogen-bond donors (Lipinski definition) is 3. The van der Waals surface area contributed by atoms with Gasteiger partial charge in [0, 0.05) is 19.1 Å². The van der Waals surface area contributed by atoms with Crippen molar-refractivity contribution in [2.24, 2.45) is 17.1 Å². The van der Waals surface area contributed by atoms with Gasteiger partial charge >= 0.3 is 0 Å². The van der Waals surface area contributed by atoms with Gasteiger partial charge in [-0.25, -0.2) is 0 Å². The Kier molecular flexibility index (Phi) is 7.34. The van der Waals surface area contributed by atoms with E-state index in [1.54, 1.807) is 0 Å². The maximum absolute atomic E-state index is 11.7. The summed E-state index contributed by atoms with van der Waals surface area (Å²) < 4.78 is 0. The lowest BCUT2D eigenvalue weighted by Crippen LogP contribution is -2.37. The normalized spacial score (nSPS) is 13.6. The van der Waals surface area contributed by atoms with E-state index in [1.165, 1.54) is 0 Å². The summed E-state index contributed by atoms with van der Waals surface area (Å²) in [5, 5.41) is 11.8. The highest BCUT2D eigenvalue weighted by Gasteiger charge is 2.19. The molecule has 1 amide bonds. The highest BCUT2D eigenvalue weighted by atomic mass is 16.3. The second kappa shape index (κ2) is 7.63. The van der Waals surface area contributed by atoms with Crippen molar-refractivity contribution in [3.63, 3.8) is 0 Å². The lowest BCUT2D eigenvalue weighted by atomic mass is 9.89. The molecular formula is C12H26N2O2. The predicted octanol–water partition coefficient (Wildman–Crippen LogP) is 0.886. The standard InChI is InChI=1S/C12H26N2O2/c1-10(5-4-7-13)11(16)14-9-12(2,3)6-8-15/h10,15H,4-9,13H2,1-3H3,(H,14,16). The van der Waals surface area contributed by atoms with Crippen LogP contribution in [0.4, 0.5) is 0 Å². The van der Waals surface area contributed by atoms with Gasteiger partial charge in [-0.05, 0) is 31.2 Å². The molecule has 0 rings (SSSR count). The number of nitrogens with one attached hydrogen (secondary N) is 1. The fourth-order valence-corrected chi connectivity index (χ4v) is 1.45. The first-order valence-electron chi connectivity index (χ1n) is 6.01. The van der Waals surface area contributed by atoms with Crippen molar-refractivity contribution in [3.8, 4) is 0 Å². The molecule has 4 N–H and O–H groups in total. The summed E-state index contributed by atoms with van der Waals surface area (Å²) >= 11 is 0. The van der Waals surface area contributed by atoms with Crippen LogP contribution in [0.25, 0.3) is 0 Å². The molecule has 0 saturated carbocycles. The zero-order valence-corrected chi connectivity index (χ0v) is 10.8. The molecule has 0 spiro atoms. The number of aliphatic hydroxyl groups excluding tert-OH is 1. The van der Waals surface area contributed by atoms with E-state index in [9.17, 15) is 4.79 Å². The van der Waals surface area contributed by atoms with Gasteiger partial charge in [-0.1, -0.05) is 20.8 Å². The number of aliphatic hydroxyl groups is 1. The van der Waals surface area contributed by atoms with E-state index in [0.29, 0.717) is 19.5 Å². The van der Waals surface area contributed by atoms with Gasteiger partial charge in [0.1, 0.15) is 0 Å². The van der Waals surface area contributed by atoms with E-state index in [1.807, 2.05) is 20.8 Å². The Labute approximate surface area is 98.6 Å². The Morgan fingerprint density at radius 1 is 1.50 bits per heavy atom. The molecule has 0 aliphatic rings. The van der Waals surface area contributed by atoms with Gasteiger partial charge in [0.05, 0.1) is 0 Å². The topological polar surface area (TPSA) is 75.4 Å². The molecule has 0 aliphatic heterocycles. The highest BCUT2D eigenvalue weighted by Crippen LogP contribution is 2.18. The van der Waals surface area contributed by atoms with Gasteiger partial charge in [-0.15, -0.1) is 0 Å². The third kappa shape index (κ3) is 6.80. The van der Waals surface area contributed by atoms with Crippen molar-refractivity contribution in [2.75, 3.05) is 19.7 Å². The Morgan fingerprint density at radius 2 is 2.12 bits per heavy atom. The smallest absolute Gasteiger partial charge is 0.222 e. The average Bonchev–Trinajstić information content (AvgIpc) is 2.22. The van der Waals surface area contributed by atoms with Crippen LogP contribution in [0.1, 0.15) is 40.0 Å². The summed E-state index contributed by atoms with van der Waals surface area (Å²) in [6.07, 6.45) is 2.42. The van der Waals surface area contributed by atoms with Gasteiger partial charge in [0.15, 0.2) is 0 Å². The highest BCUT2D eigenvalue weighted by molar-refractivity contribution is 5.78. The fourth-order valence-electron chi connectivity index (χ4n) is 1.45. The van der Waals surface area contributed by atoms with E-state index >= 15 is 0 Å². The van der Waals surface area contributed by atoms with E-state index in [2.05, 4.69) is 5.32 Å². The van der Waals surface area contributed by atoms with Crippen LogP contribution in [0.2, 0.25) is 0 Å². The molecule has 0 aliphatic carbocycles. The number of rotatable bonds is 8. The minimum atomic E-state index is -0.0437. The van der Waals surface area contributed by atoms with E-state index in [0.717, 1.165) is 12.8 Å². The molecule has 96 valence electrons. The summed E-state index contributed by atoms with van der Waals surface area (Å²) in [5.74, 6) is 0.105. The molecule has 0 bridgehead atoms. The molecule has 4 nitrogen and oxygen atoms in total. The predicted molar refractivity (Wildman–Crippen MR) is 65.9 cm³/mol. The van der Waals surface area contributed by atoms with Crippen LogP contribution in [0.15, 0.2) is 0 Å². The van der Waals surface area contributed by atoms with E-state index in [4.69, 9.17) is 10.8 Å². The summed E-state index contributed by atoms with van der Waals surface area (Å²) in [6.45, 7) is 7.39. The van der Waals surface area contributed by atoms with Crippen LogP contribution >= 0.6 is 0 Å². The van der Waals surface area contributed by atoms with Crippen molar-refractivity contribution in [2.45, 2.75) is 40.0 Å². The molecule has 1 atom stereocenters. The third-order valence-corrected chi connectivity index (χ3v) is 2.82. The van der Waals surface area contributed by atoms with E-state index < -0.39 is 0 Å². The molecule has 0 aromatic carbocycles. The fraction of sp³-hybridized carbons (Fsp3) is 0.917. The number of nitrogens with two attached hydrogens (primary N) is 1. The van der Waals surface area contributed by atoms with Crippen LogP contribution < -0.4 is 11.1 Å². The summed E-state index contributed by atoms with van der Waals surface area (Å²) in [7, 11) is 0. The molecule has 0 radical (unpaired) electrons. The minimum Gasteiger partial charge on any atom is -0.396 e. The molecule has 1 unspecified atom stereocenters. The molecule has 0 heterocycles. The van der Waals surface area contributed by atoms with Crippen molar-refractivity contribution >= 4 is 5.91 Å². The monoisotopic (exact) mass is 230 g/mol. The molecule has 0 fully saturated rings. The first kappa shape index (κ1) is 15.4. The minimum absolute atomic E-state index is 0.0217. The summed E-state index contributed by atoms with van der Waals surface area (Å²) in [5.41, 5.74) is 5.36. The van der Waals surface area contributed by atoms with Crippen LogP contribution in [0, 0.1) is 11.3 Å². The van der Waals surface area contributed by atoms with E-state index in [-0.39, 0.29) is 23.8 Å². The number of amides is 1. The Morgan fingerprint density at radius 3 is 2.62 bits per heavy atom. The number of carbonyl (C=O) groups excluding carboxylic acids is 1. The lowest BCUT2D eigenvalue weighted by Gasteiger charge is -2.24. The molecule has 4 heteroatoms. The molecule has 0 aromatic heterocycles. The molecule has 0 saturated heterocycles. The summed E-state index contributed by atoms with van der Waals surface area (Å²) in [6, 6.07) is 0. The van der Waals surface area contributed by atoms with Gasteiger partial charge in [-0.2, -0.15) is 0 Å². The zero-order chi connectivity index (χ0) is 12.6. The SMILES string of the molecule is CC(CCCN)C(=O)NCC(C)(C)CCO. The second-order valence-electron chi connectivity index (χ2n) is 5.19. The first-order valence-corrected chi connectivity index (χ1v) is 6.01. The van der Waals surface area contributed by atoms with Gasteiger partial charge < -0.3 is 16.2 Å². The van der Waals surface area contributed by atoms with Crippen LogP contribution in [0.3, 0.4) is 0 Å².